The molecule has 2 nitrogen and oxygen atoms in total. The maximum atomic E-state index is 6.38. The minimum Gasteiger partial charge on any atom is -0.271 e. The van der Waals surface area contributed by atoms with Crippen LogP contribution in [0.15, 0.2) is 18.2 Å². The highest BCUT2D eigenvalue weighted by molar-refractivity contribution is 6.31. The third-order valence-electron chi connectivity index (χ3n) is 6.12. The van der Waals surface area contributed by atoms with Crippen LogP contribution in [0.1, 0.15) is 30.4 Å². The minimum absolute atomic E-state index is 0.397. The zero-order valence-electron chi connectivity index (χ0n) is 12.0. The van der Waals surface area contributed by atoms with Crippen LogP contribution in [0.2, 0.25) is 5.02 Å². The lowest BCUT2D eigenvalue weighted by Crippen LogP contribution is -2.40. The second kappa shape index (κ2) is 4.72. The van der Waals surface area contributed by atoms with Gasteiger partial charge in [-0.1, -0.05) is 23.7 Å². The topological polar surface area (TPSA) is 38.0 Å². The van der Waals surface area contributed by atoms with Crippen molar-refractivity contribution in [2.24, 2.45) is 35.4 Å². The number of hydrazine groups is 1. The Bertz CT molecular complexity index is 514. The summed E-state index contributed by atoms with van der Waals surface area (Å²) < 4.78 is 0. The molecule has 0 heterocycles. The fourth-order valence-electron chi connectivity index (χ4n) is 5.29. The van der Waals surface area contributed by atoms with E-state index >= 15 is 0 Å². The summed E-state index contributed by atoms with van der Waals surface area (Å²) in [6, 6.07) is 6.76. The van der Waals surface area contributed by atoms with Gasteiger partial charge in [-0.25, -0.2) is 0 Å². The molecule has 3 fully saturated rings. The van der Waals surface area contributed by atoms with Crippen molar-refractivity contribution in [1.29, 1.82) is 0 Å². The van der Waals surface area contributed by atoms with E-state index in [1.165, 1.54) is 30.4 Å². The molecule has 1 aromatic rings. The Morgan fingerprint density at radius 1 is 1.30 bits per heavy atom. The predicted molar refractivity (Wildman–Crippen MR) is 82.3 cm³/mol. The van der Waals surface area contributed by atoms with Gasteiger partial charge in [-0.2, -0.15) is 0 Å². The molecule has 0 radical (unpaired) electrons. The maximum Gasteiger partial charge on any atom is 0.0441 e. The summed E-state index contributed by atoms with van der Waals surface area (Å²) in [7, 11) is 0. The van der Waals surface area contributed by atoms with Gasteiger partial charge in [-0.15, -0.1) is 0 Å². The van der Waals surface area contributed by atoms with Gasteiger partial charge in [-0.3, -0.25) is 11.3 Å². The molecule has 108 valence electrons. The van der Waals surface area contributed by atoms with Crippen molar-refractivity contribution in [3.8, 4) is 0 Å². The number of hydrogen-bond acceptors (Lipinski definition) is 2. The molecule has 2 bridgehead atoms. The van der Waals surface area contributed by atoms with Crippen molar-refractivity contribution in [3.63, 3.8) is 0 Å². The molecule has 3 aliphatic rings. The Morgan fingerprint density at radius 2 is 2.00 bits per heavy atom. The highest BCUT2D eigenvalue weighted by Crippen LogP contribution is 2.70. The van der Waals surface area contributed by atoms with E-state index in [4.69, 9.17) is 17.4 Å². The molecule has 4 rings (SSSR count). The quantitative estimate of drug-likeness (QED) is 0.659. The van der Waals surface area contributed by atoms with E-state index < -0.39 is 0 Å². The van der Waals surface area contributed by atoms with Gasteiger partial charge in [0.25, 0.3) is 0 Å². The summed E-state index contributed by atoms with van der Waals surface area (Å²) in [4.78, 5) is 0. The SMILES string of the molecule is Cc1ccc(CC(NN)C2C3C4CCC(C4)C32)c(Cl)c1. The number of hydrogen-bond donors (Lipinski definition) is 2. The summed E-state index contributed by atoms with van der Waals surface area (Å²) >= 11 is 6.38. The van der Waals surface area contributed by atoms with E-state index in [-0.39, 0.29) is 0 Å². The summed E-state index contributed by atoms with van der Waals surface area (Å²) in [5.41, 5.74) is 5.55. The first kappa shape index (κ1) is 13.1. The van der Waals surface area contributed by atoms with Gasteiger partial charge in [0.15, 0.2) is 0 Å². The Balaban J connectivity index is 1.50. The van der Waals surface area contributed by atoms with Crippen LogP contribution in [0, 0.1) is 36.5 Å². The number of halogens is 1. The van der Waals surface area contributed by atoms with E-state index in [2.05, 4.69) is 30.5 Å². The van der Waals surface area contributed by atoms with E-state index in [1.54, 1.807) is 0 Å². The first-order valence-electron chi connectivity index (χ1n) is 7.90. The molecule has 0 spiro atoms. The van der Waals surface area contributed by atoms with Crippen LogP contribution in [0.3, 0.4) is 0 Å². The van der Waals surface area contributed by atoms with Crippen LogP contribution >= 0.6 is 11.6 Å². The molecule has 1 aromatic carbocycles. The molecular formula is C17H23ClN2. The smallest absolute Gasteiger partial charge is 0.0441 e. The van der Waals surface area contributed by atoms with Crippen LogP contribution in [0.5, 0.6) is 0 Å². The Labute approximate surface area is 126 Å². The molecule has 0 aliphatic heterocycles. The van der Waals surface area contributed by atoms with Gasteiger partial charge >= 0.3 is 0 Å². The number of nitrogens with two attached hydrogens (primary N) is 1. The molecule has 3 saturated carbocycles. The largest absolute Gasteiger partial charge is 0.271 e. The van der Waals surface area contributed by atoms with Crippen LogP contribution in [0.4, 0.5) is 0 Å². The third kappa shape index (κ3) is 1.93. The van der Waals surface area contributed by atoms with Crippen molar-refractivity contribution in [1.82, 2.24) is 5.43 Å². The maximum absolute atomic E-state index is 6.38. The highest BCUT2D eigenvalue weighted by Gasteiger charge is 2.66. The van der Waals surface area contributed by atoms with Crippen molar-refractivity contribution < 1.29 is 0 Å². The van der Waals surface area contributed by atoms with Gasteiger partial charge in [0.05, 0.1) is 0 Å². The number of benzene rings is 1. The third-order valence-corrected chi connectivity index (χ3v) is 6.47. The average Bonchev–Trinajstić information content (AvgIpc) is 2.86. The first-order valence-corrected chi connectivity index (χ1v) is 8.28. The monoisotopic (exact) mass is 290 g/mol. The lowest BCUT2D eigenvalue weighted by atomic mass is 9.93. The van der Waals surface area contributed by atoms with Gasteiger partial charge in [0, 0.05) is 11.1 Å². The van der Waals surface area contributed by atoms with E-state index in [9.17, 15) is 0 Å². The van der Waals surface area contributed by atoms with Gasteiger partial charge in [0.1, 0.15) is 0 Å². The lowest BCUT2D eigenvalue weighted by molar-refractivity contribution is 0.365. The molecule has 3 N–H and O–H groups in total. The fraction of sp³-hybridized carbons (Fsp3) is 0.647. The Kier molecular flexibility index (Phi) is 3.10. The molecule has 0 amide bonds. The molecule has 0 aromatic heterocycles. The highest BCUT2D eigenvalue weighted by atomic mass is 35.5. The summed E-state index contributed by atoms with van der Waals surface area (Å²) in [5, 5.41) is 0.888. The molecule has 0 saturated heterocycles. The number of rotatable bonds is 4. The fourth-order valence-corrected chi connectivity index (χ4v) is 5.60. The molecule has 3 heteroatoms. The molecule has 3 aliphatic carbocycles. The number of fused-ring (bicyclic) bond motifs is 5. The van der Waals surface area contributed by atoms with Gasteiger partial charge in [0.2, 0.25) is 0 Å². The molecule has 20 heavy (non-hydrogen) atoms. The molecular weight excluding hydrogens is 268 g/mol. The average molecular weight is 291 g/mol. The van der Waals surface area contributed by atoms with Crippen LogP contribution < -0.4 is 11.3 Å². The number of nitrogens with one attached hydrogen (secondary N) is 1. The second-order valence-corrected chi connectivity index (χ2v) is 7.54. The van der Waals surface area contributed by atoms with Crippen LogP contribution in [-0.4, -0.2) is 6.04 Å². The zero-order chi connectivity index (χ0) is 13.9. The number of aryl methyl sites for hydroxylation is 1. The van der Waals surface area contributed by atoms with E-state index in [0.29, 0.717) is 6.04 Å². The van der Waals surface area contributed by atoms with Crippen LogP contribution in [0.25, 0.3) is 0 Å². The second-order valence-electron chi connectivity index (χ2n) is 7.14. The summed E-state index contributed by atoms with van der Waals surface area (Å²) in [6.45, 7) is 2.08. The van der Waals surface area contributed by atoms with E-state index in [0.717, 1.165) is 41.0 Å². The first-order chi connectivity index (χ1) is 9.69. The van der Waals surface area contributed by atoms with E-state index in [1.807, 2.05) is 0 Å². The zero-order valence-corrected chi connectivity index (χ0v) is 12.7. The Morgan fingerprint density at radius 3 is 2.60 bits per heavy atom. The van der Waals surface area contributed by atoms with Gasteiger partial charge in [-0.05, 0) is 79.4 Å². The normalized spacial score (nSPS) is 38.9. The van der Waals surface area contributed by atoms with Crippen molar-refractivity contribution in [2.75, 3.05) is 0 Å². The minimum atomic E-state index is 0.397. The summed E-state index contributed by atoms with van der Waals surface area (Å²) in [6.07, 6.45) is 5.39. The van der Waals surface area contributed by atoms with Crippen LogP contribution in [-0.2, 0) is 6.42 Å². The standard InChI is InChI=1S/C17H23ClN2/c1-9-2-3-10(13(18)6-9)8-14(20-19)17-15-11-4-5-12(7-11)16(15)17/h2-3,6,11-12,14-17,20H,4-5,7-8,19H2,1H3. The Hall–Kier alpha value is -0.570. The van der Waals surface area contributed by atoms with Crippen molar-refractivity contribution >= 4 is 11.6 Å². The summed E-state index contributed by atoms with van der Waals surface area (Å²) in [5.74, 6) is 10.6. The lowest BCUT2D eigenvalue weighted by Gasteiger charge is -2.20. The van der Waals surface area contributed by atoms with Crippen molar-refractivity contribution in [2.45, 2.75) is 38.6 Å². The molecule has 5 unspecified atom stereocenters. The van der Waals surface area contributed by atoms with Crippen molar-refractivity contribution in [3.05, 3.63) is 34.3 Å². The predicted octanol–water partition coefficient (Wildman–Crippen LogP) is 3.31. The molecule has 5 atom stereocenters. The van der Waals surface area contributed by atoms with Gasteiger partial charge < -0.3 is 0 Å².